The molecule has 0 spiro atoms. The van der Waals surface area contributed by atoms with Crippen LogP contribution >= 0.6 is 0 Å². The van der Waals surface area contributed by atoms with Crippen molar-refractivity contribution in [3.63, 3.8) is 0 Å². The van der Waals surface area contributed by atoms with Gasteiger partial charge in [-0.2, -0.15) is 0 Å². The van der Waals surface area contributed by atoms with Crippen molar-refractivity contribution in [3.05, 3.63) is 99.6 Å². The summed E-state index contributed by atoms with van der Waals surface area (Å²) >= 11 is 0. The predicted octanol–water partition coefficient (Wildman–Crippen LogP) is 3.12. The monoisotopic (exact) mass is 428 g/mol. The van der Waals surface area contributed by atoms with Gasteiger partial charge in [-0.05, 0) is 23.3 Å². The van der Waals surface area contributed by atoms with Crippen LogP contribution in [0.3, 0.4) is 0 Å². The molecule has 0 saturated heterocycles. The van der Waals surface area contributed by atoms with Crippen LogP contribution in [-0.2, 0) is 33.5 Å². The van der Waals surface area contributed by atoms with Crippen molar-refractivity contribution in [1.82, 2.24) is 0 Å². The minimum absolute atomic E-state index is 0.0652. The maximum Gasteiger partial charge on any atom is 0.338 e. The molecule has 1 heterocycles. The van der Waals surface area contributed by atoms with Crippen LogP contribution in [0.25, 0.3) is 0 Å². The van der Waals surface area contributed by atoms with Crippen molar-refractivity contribution in [2.24, 2.45) is 0 Å². The molecule has 0 N–H and O–H groups in total. The fourth-order valence-corrected chi connectivity index (χ4v) is 3.41. The highest BCUT2D eigenvalue weighted by molar-refractivity contribution is 7.89. The number of rotatable bonds is 8. The normalized spacial score (nSPS) is 11.1. The summed E-state index contributed by atoms with van der Waals surface area (Å²) in [4.78, 5) is 24.3. The number of hydrogen-bond donors (Lipinski definition) is 0. The summed E-state index contributed by atoms with van der Waals surface area (Å²) in [7, 11) is -3.15. The van der Waals surface area contributed by atoms with E-state index in [2.05, 4.69) is 0 Å². The Morgan fingerprint density at radius 1 is 0.967 bits per heavy atom. The van der Waals surface area contributed by atoms with E-state index in [1.807, 2.05) is 30.3 Å². The second-order valence-electron chi connectivity index (χ2n) is 6.69. The minimum Gasteiger partial charge on any atom is -0.482 e. The maximum atomic E-state index is 12.2. The van der Waals surface area contributed by atoms with Gasteiger partial charge < -0.3 is 13.9 Å². The number of carbonyl (C=O) groups excluding carboxylic acids is 1. The van der Waals surface area contributed by atoms with Gasteiger partial charge in [0, 0.05) is 12.3 Å². The van der Waals surface area contributed by atoms with Gasteiger partial charge in [-0.1, -0.05) is 42.5 Å². The molecule has 0 fully saturated rings. The Kier molecular flexibility index (Phi) is 6.68. The van der Waals surface area contributed by atoms with Crippen molar-refractivity contribution in [1.29, 1.82) is 0 Å². The van der Waals surface area contributed by atoms with Crippen LogP contribution in [0.15, 0.2) is 76.1 Å². The Morgan fingerprint density at radius 3 is 2.30 bits per heavy atom. The summed E-state index contributed by atoms with van der Waals surface area (Å²) in [5.41, 5.74) is 1.37. The largest absolute Gasteiger partial charge is 0.482 e. The summed E-state index contributed by atoms with van der Waals surface area (Å²) in [6.45, 7) is 0.00733. The van der Waals surface area contributed by atoms with E-state index in [0.29, 0.717) is 5.56 Å². The smallest absolute Gasteiger partial charge is 0.338 e. The van der Waals surface area contributed by atoms with E-state index in [-0.39, 0.29) is 41.5 Å². The molecule has 3 rings (SSSR count). The summed E-state index contributed by atoms with van der Waals surface area (Å²) in [5.74, 6) is -0.482. The van der Waals surface area contributed by atoms with Gasteiger partial charge in [0.25, 0.3) is 0 Å². The molecule has 3 aromatic rings. The van der Waals surface area contributed by atoms with Crippen LogP contribution in [0.2, 0.25) is 0 Å². The van der Waals surface area contributed by atoms with E-state index in [4.69, 9.17) is 13.9 Å². The molecule has 0 aliphatic rings. The van der Waals surface area contributed by atoms with E-state index in [1.165, 1.54) is 24.5 Å². The van der Waals surface area contributed by atoms with Crippen molar-refractivity contribution in [2.45, 2.75) is 19.0 Å². The van der Waals surface area contributed by atoms with Crippen LogP contribution in [0, 0.1) is 0 Å². The molecule has 0 bridgehead atoms. The molecular formula is C22H20O7S. The molecule has 0 atom stereocenters. The first-order valence-electron chi connectivity index (χ1n) is 9.02. The lowest BCUT2D eigenvalue weighted by Crippen LogP contribution is -2.10. The number of ether oxygens (including phenoxy) is 2. The summed E-state index contributed by atoms with van der Waals surface area (Å²) in [5, 5.41) is 0. The summed E-state index contributed by atoms with van der Waals surface area (Å²) in [6.07, 6.45) is 2.33. The van der Waals surface area contributed by atoms with Crippen LogP contribution in [-0.4, -0.2) is 20.6 Å². The van der Waals surface area contributed by atoms with Gasteiger partial charge in [0.2, 0.25) is 11.2 Å². The highest BCUT2D eigenvalue weighted by Crippen LogP contribution is 2.12. The molecular weight excluding hydrogens is 408 g/mol. The fourth-order valence-electron chi connectivity index (χ4n) is 2.61. The van der Waals surface area contributed by atoms with Crippen LogP contribution in [0.5, 0.6) is 5.75 Å². The summed E-state index contributed by atoms with van der Waals surface area (Å²) < 4.78 is 38.5. The van der Waals surface area contributed by atoms with Gasteiger partial charge >= 0.3 is 5.97 Å². The SMILES string of the molecule is CS(=O)(=O)Cc1ccc(C(=O)OCc2cc(=O)c(OCc3ccccc3)co2)cc1. The first kappa shape index (κ1) is 21.3. The third kappa shape index (κ3) is 6.31. The number of hydrogen-bond acceptors (Lipinski definition) is 7. The van der Waals surface area contributed by atoms with E-state index < -0.39 is 15.8 Å². The van der Waals surface area contributed by atoms with Crippen LogP contribution in [0.1, 0.15) is 27.2 Å². The molecule has 2 aromatic carbocycles. The molecule has 0 radical (unpaired) electrons. The average molecular weight is 428 g/mol. The first-order valence-corrected chi connectivity index (χ1v) is 11.1. The Balaban J connectivity index is 1.55. The third-order valence-electron chi connectivity index (χ3n) is 4.05. The zero-order valence-corrected chi connectivity index (χ0v) is 17.1. The molecule has 156 valence electrons. The second kappa shape index (κ2) is 9.41. The Bertz CT molecular complexity index is 1160. The molecule has 0 unspecified atom stereocenters. The van der Waals surface area contributed by atoms with Crippen molar-refractivity contribution in [2.75, 3.05) is 6.26 Å². The quantitative estimate of drug-likeness (QED) is 0.508. The van der Waals surface area contributed by atoms with E-state index in [1.54, 1.807) is 12.1 Å². The van der Waals surface area contributed by atoms with Gasteiger partial charge in [-0.15, -0.1) is 0 Å². The van der Waals surface area contributed by atoms with Crippen LogP contribution < -0.4 is 10.2 Å². The molecule has 0 amide bonds. The summed E-state index contributed by atoms with van der Waals surface area (Å²) in [6, 6.07) is 16.7. The van der Waals surface area contributed by atoms with E-state index in [0.717, 1.165) is 11.8 Å². The highest BCUT2D eigenvalue weighted by atomic mass is 32.2. The Morgan fingerprint density at radius 2 is 1.67 bits per heavy atom. The van der Waals surface area contributed by atoms with E-state index in [9.17, 15) is 18.0 Å². The Labute approximate surface area is 173 Å². The molecule has 0 aliphatic carbocycles. The second-order valence-corrected chi connectivity index (χ2v) is 8.83. The predicted molar refractivity (Wildman–Crippen MR) is 110 cm³/mol. The maximum absolute atomic E-state index is 12.2. The minimum atomic E-state index is -3.15. The first-order chi connectivity index (χ1) is 14.3. The molecule has 30 heavy (non-hydrogen) atoms. The number of esters is 1. The zero-order chi connectivity index (χ0) is 21.6. The number of carbonyl (C=O) groups is 1. The van der Waals surface area contributed by atoms with Gasteiger partial charge in [0.15, 0.2) is 9.84 Å². The fraction of sp³-hybridized carbons (Fsp3) is 0.182. The average Bonchev–Trinajstić information content (AvgIpc) is 2.71. The zero-order valence-electron chi connectivity index (χ0n) is 16.2. The lowest BCUT2D eigenvalue weighted by molar-refractivity contribution is 0.0442. The van der Waals surface area contributed by atoms with Gasteiger partial charge in [0.1, 0.15) is 25.2 Å². The number of sulfone groups is 1. The van der Waals surface area contributed by atoms with E-state index >= 15 is 0 Å². The topological polar surface area (TPSA) is 99.9 Å². The molecule has 1 aromatic heterocycles. The highest BCUT2D eigenvalue weighted by Gasteiger charge is 2.11. The lowest BCUT2D eigenvalue weighted by atomic mass is 10.1. The molecule has 7 nitrogen and oxygen atoms in total. The number of benzene rings is 2. The Hall–Kier alpha value is -3.39. The van der Waals surface area contributed by atoms with Crippen molar-refractivity contribution < 1.29 is 27.1 Å². The molecule has 0 aliphatic heterocycles. The van der Waals surface area contributed by atoms with Gasteiger partial charge in [-0.25, -0.2) is 13.2 Å². The van der Waals surface area contributed by atoms with Crippen molar-refractivity contribution in [3.8, 4) is 5.75 Å². The van der Waals surface area contributed by atoms with Crippen LogP contribution in [0.4, 0.5) is 0 Å². The van der Waals surface area contributed by atoms with Crippen molar-refractivity contribution >= 4 is 15.8 Å². The van der Waals surface area contributed by atoms with Gasteiger partial charge in [-0.3, -0.25) is 4.79 Å². The molecule has 0 saturated carbocycles. The standard InChI is InChI=1S/C22H20O7S/c1-30(25,26)15-17-7-9-18(10-8-17)22(24)29-13-19-11-20(23)21(14-27-19)28-12-16-5-3-2-4-6-16/h2-11,14H,12-13,15H2,1H3. The van der Waals surface area contributed by atoms with Gasteiger partial charge in [0.05, 0.1) is 11.3 Å². The lowest BCUT2D eigenvalue weighted by Gasteiger charge is -2.07. The molecule has 8 heteroatoms. The third-order valence-corrected chi connectivity index (χ3v) is 4.91.